The van der Waals surface area contributed by atoms with Gasteiger partial charge in [-0.1, -0.05) is 69.3 Å². The molecule has 0 spiro atoms. The monoisotopic (exact) mass is 293 g/mol. The Kier molecular flexibility index (Phi) is 5.54. The summed E-state index contributed by atoms with van der Waals surface area (Å²) in [5.74, 6) is 0.552. The first-order chi connectivity index (χ1) is 10.6. The molecule has 1 unspecified atom stereocenters. The summed E-state index contributed by atoms with van der Waals surface area (Å²) in [5, 5.41) is 2.99. The molecular weight excluding hydrogens is 270 g/mol. The van der Waals surface area contributed by atoms with E-state index >= 15 is 0 Å². The van der Waals surface area contributed by atoms with E-state index in [1.165, 1.54) is 0 Å². The number of amides is 1. The van der Waals surface area contributed by atoms with E-state index in [9.17, 15) is 4.79 Å². The van der Waals surface area contributed by atoms with Gasteiger partial charge in [-0.3, -0.25) is 4.79 Å². The topological polar surface area (TPSA) is 29.1 Å². The SMILES string of the molecule is CC(C)C(C)/C(=C/c1ccccc1)C(=O)Nc1ccccc1. The van der Waals surface area contributed by atoms with E-state index in [1.807, 2.05) is 66.7 Å². The Labute approximate surface area is 132 Å². The summed E-state index contributed by atoms with van der Waals surface area (Å²) in [6, 6.07) is 19.6. The van der Waals surface area contributed by atoms with E-state index in [2.05, 4.69) is 26.1 Å². The van der Waals surface area contributed by atoms with Crippen LogP contribution in [0.25, 0.3) is 6.08 Å². The van der Waals surface area contributed by atoms with Gasteiger partial charge in [0.05, 0.1) is 0 Å². The van der Waals surface area contributed by atoms with Crippen LogP contribution in [0.5, 0.6) is 0 Å². The molecule has 0 aliphatic carbocycles. The van der Waals surface area contributed by atoms with Crippen molar-refractivity contribution in [3.05, 3.63) is 71.8 Å². The molecule has 2 heteroatoms. The quantitative estimate of drug-likeness (QED) is 0.772. The molecule has 2 nitrogen and oxygen atoms in total. The summed E-state index contributed by atoms with van der Waals surface area (Å²) >= 11 is 0. The van der Waals surface area contributed by atoms with Gasteiger partial charge in [-0.2, -0.15) is 0 Å². The summed E-state index contributed by atoms with van der Waals surface area (Å²) in [6.07, 6.45) is 1.99. The van der Waals surface area contributed by atoms with Crippen LogP contribution in [0.2, 0.25) is 0 Å². The normalized spacial score (nSPS) is 13.0. The maximum Gasteiger partial charge on any atom is 0.251 e. The van der Waals surface area contributed by atoms with Crippen LogP contribution in [0.3, 0.4) is 0 Å². The summed E-state index contributed by atoms with van der Waals surface area (Å²) in [6.45, 7) is 6.38. The minimum Gasteiger partial charge on any atom is -0.322 e. The Morgan fingerprint density at radius 3 is 2.00 bits per heavy atom. The summed E-state index contributed by atoms with van der Waals surface area (Å²) < 4.78 is 0. The van der Waals surface area contributed by atoms with E-state index in [4.69, 9.17) is 0 Å². The maximum atomic E-state index is 12.7. The minimum absolute atomic E-state index is 0.0312. The molecule has 1 N–H and O–H groups in total. The lowest BCUT2D eigenvalue weighted by atomic mass is 9.88. The predicted molar refractivity (Wildman–Crippen MR) is 93.5 cm³/mol. The second kappa shape index (κ2) is 7.60. The summed E-state index contributed by atoms with van der Waals surface area (Å²) in [4.78, 5) is 12.7. The van der Waals surface area contributed by atoms with E-state index in [0.29, 0.717) is 5.92 Å². The van der Waals surface area contributed by atoms with Crippen LogP contribution in [-0.2, 0) is 4.79 Å². The zero-order chi connectivity index (χ0) is 15.9. The lowest BCUT2D eigenvalue weighted by Crippen LogP contribution is -2.21. The van der Waals surface area contributed by atoms with Crippen LogP contribution < -0.4 is 5.32 Å². The highest BCUT2D eigenvalue weighted by Gasteiger charge is 2.20. The van der Waals surface area contributed by atoms with E-state index < -0.39 is 0 Å². The fraction of sp³-hybridized carbons (Fsp3) is 0.250. The van der Waals surface area contributed by atoms with Crippen molar-refractivity contribution in [2.45, 2.75) is 20.8 Å². The molecular formula is C20H23NO. The third-order valence-electron chi connectivity index (χ3n) is 3.91. The Balaban J connectivity index is 2.28. The molecule has 0 aliphatic rings. The average Bonchev–Trinajstić information content (AvgIpc) is 2.53. The molecule has 0 saturated heterocycles. The molecule has 1 amide bonds. The van der Waals surface area contributed by atoms with Gasteiger partial charge in [0.15, 0.2) is 0 Å². The third-order valence-corrected chi connectivity index (χ3v) is 3.91. The third kappa shape index (κ3) is 4.32. The molecule has 0 saturated carbocycles. The van der Waals surface area contributed by atoms with Crippen molar-refractivity contribution in [3.8, 4) is 0 Å². The molecule has 2 rings (SSSR count). The van der Waals surface area contributed by atoms with Gasteiger partial charge in [0.1, 0.15) is 0 Å². The fourth-order valence-electron chi connectivity index (χ4n) is 2.22. The van der Waals surface area contributed by atoms with Crippen molar-refractivity contribution in [2.24, 2.45) is 11.8 Å². The number of para-hydroxylation sites is 1. The molecule has 0 aromatic heterocycles. The zero-order valence-electron chi connectivity index (χ0n) is 13.4. The second-order valence-electron chi connectivity index (χ2n) is 5.86. The first-order valence-electron chi connectivity index (χ1n) is 7.71. The number of hydrogen-bond acceptors (Lipinski definition) is 1. The van der Waals surface area contributed by atoms with Crippen molar-refractivity contribution >= 4 is 17.7 Å². The summed E-state index contributed by atoms with van der Waals surface area (Å²) in [5.41, 5.74) is 2.68. The van der Waals surface area contributed by atoms with Crippen LogP contribution in [0, 0.1) is 11.8 Å². The second-order valence-corrected chi connectivity index (χ2v) is 5.86. The highest BCUT2D eigenvalue weighted by Crippen LogP contribution is 2.24. The first-order valence-corrected chi connectivity index (χ1v) is 7.71. The van der Waals surface area contributed by atoms with Crippen LogP contribution in [0.15, 0.2) is 66.2 Å². The molecule has 22 heavy (non-hydrogen) atoms. The van der Waals surface area contributed by atoms with Gasteiger partial charge in [0.2, 0.25) is 0 Å². The Morgan fingerprint density at radius 1 is 0.909 bits per heavy atom. The van der Waals surface area contributed by atoms with Crippen molar-refractivity contribution in [1.82, 2.24) is 0 Å². The molecule has 0 radical (unpaired) electrons. The standard InChI is InChI=1S/C20H23NO/c1-15(2)16(3)19(14-17-10-6-4-7-11-17)20(22)21-18-12-8-5-9-13-18/h4-16H,1-3H3,(H,21,22)/b19-14-. The maximum absolute atomic E-state index is 12.7. The molecule has 0 bridgehead atoms. The van der Waals surface area contributed by atoms with E-state index in [0.717, 1.165) is 16.8 Å². The molecule has 2 aromatic rings. The Morgan fingerprint density at radius 2 is 1.45 bits per heavy atom. The van der Waals surface area contributed by atoms with E-state index in [1.54, 1.807) is 0 Å². The minimum atomic E-state index is -0.0312. The molecule has 1 atom stereocenters. The highest BCUT2D eigenvalue weighted by atomic mass is 16.1. The molecule has 0 fully saturated rings. The molecule has 114 valence electrons. The van der Waals surface area contributed by atoms with Crippen LogP contribution in [0.1, 0.15) is 26.3 Å². The number of anilines is 1. The van der Waals surface area contributed by atoms with Crippen LogP contribution in [-0.4, -0.2) is 5.91 Å². The zero-order valence-corrected chi connectivity index (χ0v) is 13.4. The average molecular weight is 293 g/mol. The van der Waals surface area contributed by atoms with Crippen molar-refractivity contribution in [3.63, 3.8) is 0 Å². The van der Waals surface area contributed by atoms with Gasteiger partial charge < -0.3 is 5.32 Å². The molecule has 0 aliphatic heterocycles. The number of benzene rings is 2. The van der Waals surface area contributed by atoms with Gasteiger partial charge in [-0.15, -0.1) is 0 Å². The number of carbonyl (C=O) groups is 1. The number of hydrogen-bond donors (Lipinski definition) is 1. The largest absolute Gasteiger partial charge is 0.322 e. The van der Waals surface area contributed by atoms with E-state index in [-0.39, 0.29) is 11.8 Å². The van der Waals surface area contributed by atoms with Gasteiger partial charge in [0.25, 0.3) is 5.91 Å². The lowest BCUT2D eigenvalue weighted by molar-refractivity contribution is -0.113. The van der Waals surface area contributed by atoms with Crippen molar-refractivity contribution in [1.29, 1.82) is 0 Å². The van der Waals surface area contributed by atoms with Crippen molar-refractivity contribution < 1.29 is 4.79 Å². The van der Waals surface area contributed by atoms with Gasteiger partial charge in [-0.25, -0.2) is 0 Å². The van der Waals surface area contributed by atoms with Crippen LogP contribution >= 0.6 is 0 Å². The van der Waals surface area contributed by atoms with Gasteiger partial charge in [-0.05, 0) is 35.6 Å². The Bertz CT molecular complexity index is 629. The summed E-state index contributed by atoms with van der Waals surface area (Å²) in [7, 11) is 0. The Hall–Kier alpha value is -2.35. The number of carbonyl (C=O) groups excluding carboxylic acids is 1. The number of rotatable bonds is 5. The predicted octanol–water partition coefficient (Wildman–Crippen LogP) is 5.00. The fourth-order valence-corrected chi connectivity index (χ4v) is 2.22. The first kappa shape index (κ1) is 16.0. The van der Waals surface area contributed by atoms with Crippen LogP contribution in [0.4, 0.5) is 5.69 Å². The van der Waals surface area contributed by atoms with Crippen molar-refractivity contribution in [2.75, 3.05) is 5.32 Å². The molecule has 2 aromatic carbocycles. The number of nitrogens with one attached hydrogen (secondary N) is 1. The highest BCUT2D eigenvalue weighted by molar-refractivity contribution is 6.07. The van der Waals surface area contributed by atoms with Gasteiger partial charge in [0, 0.05) is 11.3 Å². The lowest BCUT2D eigenvalue weighted by Gasteiger charge is -2.19. The van der Waals surface area contributed by atoms with Gasteiger partial charge >= 0.3 is 0 Å². The molecule has 0 heterocycles. The smallest absolute Gasteiger partial charge is 0.251 e.